The molecule has 7 nitrogen and oxygen atoms in total. The quantitative estimate of drug-likeness (QED) is 0.792. The number of anilines is 1. The summed E-state index contributed by atoms with van der Waals surface area (Å²) in [7, 11) is -7.77. The fourth-order valence-corrected chi connectivity index (χ4v) is 5.41. The molecule has 1 heterocycles. The third-order valence-corrected chi connectivity index (χ3v) is 7.17. The maximum absolute atomic E-state index is 13.1. The first-order valence-corrected chi connectivity index (χ1v) is 10.8. The molecule has 1 aliphatic rings. The first-order chi connectivity index (χ1) is 12.0. The van der Waals surface area contributed by atoms with Crippen molar-refractivity contribution < 1.29 is 21.6 Å². The van der Waals surface area contributed by atoms with Crippen LogP contribution in [-0.2, 0) is 26.5 Å². The van der Waals surface area contributed by atoms with E-state index in [-0.39, 0.29) is 15.6 Å². The summed E-state index contributed by atoms with van der Waals surface area (Å²) in [5.74, 6) is -0.227. The highest BCUT2D eigenvalue weighted by atomic mass is 32.2. The van der Waals surface area contributed by atoms with E-state index in [1.54, 1.807) is 13.0 Å². The number of fused-ring (bicyclic) bond motifs is 1. The summed E-state index contributed by atoms with van der Waals surface area (Å²) >= 11 is 0. The van der Waals surface area contributed by atoms with Gasteiger partial charge < -0.3 is 0 Å². The van der Waals surface area contributed by atoms with Crippen molar-refractivity contribution in [1.29, 1.82) is 0 Å². The molecule has 3 rings (SSSR count). The van der Waals surface area contributed by atoms with Crippen LogP contribution in [0, 0.1) is 0 Å². The Morgan fingerprint density at radius 3 is 2.38 bits per heavy atom. The second-order valence-corrected chi connectivity index (χ2v) is 9.65. The number of ketones is 1. The van der Waals surface area contributed by atoms with Gasteiger partial charge in [0.2, 0.25) is 10.0 Å². The van der Waals surface area contributed by atoms with Gasteiger partial charge in [0.1, 0.15) is 0 Å². The predicted octanol–water partition coefficient (Wildman–Crippen LogP) is 1.68. The average Bonchev–Trinajstić information content (AvgIpc) is 2.89. The van der Waals surface area contributed by atoms with Crippen LogP contribution in [0.4, 0.5) is 5.69 Å². The summed E-state index contributed by atoms with van der Waals surface area (Å²) in [5.41, 5.74) is 1.32. The summed E-state index contributed by atoms with van der Waals surface area (Å²) < 4.78 is 50.6. The Bertz CT molecular complexity index is 1110. The predicted molar refractivity (Wildman–Crippen MR) is 97.1 cm³/mol. The maximum Gasteiger partial charge on any atom is 0.264 e. The lowest BCUT2D eigenvalue weighted by Crippen LogP contribution is -2.35. The molecule has 0 saturated carbocycles. The fraction of sp³-hybridized carbons (Fsp3) is 0.235. The molecule has 1 atom stereocenters. The number of nitrogens with zero attached hydrogens (tertiary/aromatic N) is 1. The molecule has 0 spiro atoms. The van der Waals surface area contributed by atoms with E-state index < -0.39 is 26.1 Å². The van der Waals surface area contributed by atoms with E-state index >= 15 is 0 Å². The Labute approximate surface area is 152 Å². The molecule has 0 radical (unpaired) electrons. The van der Waals surface area contributed by atoms with Crippen LogP contribution in [0.5, 0.6) is 0 Å². The van der Waals surface area contributed by atoms with Crippen LogP contribution in [0.1, 0.15) is 29.8 Å². The van der Waals surface area contributed by atoms with E-state index in [1.807, 2.05) is 0 Å². The van der Waals surface area contributed by atoms with Crippen molar-refractivity contribution >= 4 is 31.5 Å². The van der Waals surface area contributed by atoms with E-state index in [0.29, 0.717) is 23.2 Å². The second kappa shape index (κ2) is 6.19. The lowest BCUT2D eigenvalue weighted by atomic mass is 10.1. The van der Waals surface area contributed by atoms with E-state index in [1.165, 1.54) is 47.6 Å². The second-order valence-electron chi connectivity index (χ2n) is 6.27. The van der Waals surface area contributed by atoms with Gasteiger partial charge in [-0.05, 0) is 56.2 Å². The van der Waals surface area contributed by atoms with Crippen molar-refractivity contribution in [3.8, 4) is 0 Å². The molecule has 0 bridgehead atoms. The number of sulfonamides is 2. The van der Waals surface area contributed by atoms with Gasteiger partial charge in [0.05, 0.1) is 15.5 Å². The van der Waals surface area contributed by atoms with Crippen LogP contribution >= 0.6 is 0 Å². The van der Waals surface area contributed by atoms with Gasteiger partial charge >= 0.3 is 0 Å². The molecule has 0 aliphatic carbocycles. The first-order valence-electron chi connectivity index (χ1n) is 7.83. The summed E-state index contributed by atoms with van der Waals surface area (Å²) in [5, 5.41) is 5.15. The van der Waals surface area contributed by atoms with Gasteiger partial charge in [0.15, 0.2) is 5.78 Å². The smallest absolute Gasteiger partial charge is 0.264 e. The number of carbonyl (C=O) groups excluding carboxylic acids is 1. The lowest BCUT2D eigenvalue weighted by molar-refractivity contribution is 0.101. The minimum atomic E-state index is -3.91. The zero-order valence-corrected chi connectivity index (χ0v) is 15.8. The molecule has 2 N–H and O–H groups in total. The lowest BCUT2D eigenvalue weighted by Gasteiger charge is -2.24. The number of benzene rings is 2. The van der Waals surface area contributed by atoms with Gasteiger partial charge in [0.25, 0.3) is 10.0 Å². The summed E-state index contributed by atoms with van der Waals surface area (Å²) in [6.45, 7) is 3.11. The van der Waals surface area contributed by atoms with Gasteiger partial charge in [0, 0.05) is 11.6 Å². The Hall–Kier alpha value is -2.23. The van der Waals surface area contributed by atoms with Crippen molar-refractivity contribution in [2.24, 2.45) is 5.14 Å². The third-order valence-electron chi connectivity index (χ3n) is 4.33. The SMILES string of the molecule is CC(=O)c1cccc(S(=O)(=O)N2c3ccc(S(N)(=O)=O)cc3CC2C)c1. The molecule has 2 aromatic rings. The Balaban J connectivity index is 2.11. The number of hydrogen-bond donors (Lipinski definition) is 1. The van der Waals surface area contributed by atoms with Crippen LogP contribution < -0.4 is 9.44 Å². The average molecular weight is 394 g/mol. The van der Waals surface area contributed by atoms with Crippen molar-refractivity contribution in [3.63, 3.8) is 0 Å². The van der Waals surface area contributed by atoms with Gasteiger partial charge in [-0.3, -0.25) is 9.10 Å². The molecule has 1 aliphatic heterocycles. The summed E-state index contributed by atoms with van der Waals surface area (Å²) in [4.78, 5) is 11.5. The maximum atomic E-state index is 13.1. The van der Waals surface area contributed by atoms with E-state index in [2.05, 4.69) is 0 Å². The molecule has 1 unspecified atom stereocenters. The molecule has 26 heavy (non-hydrogen) atoms. The minimum Gasteiger partial charge on any atom is -0.295 e. The van der Waals surface area contributed by atoms with Gasteiger partial charge in [-0.1, -0.05) is 12.1 Å². The standard InChI is InChI=1S/C17H18N2O5S2/c1-11-8-14-10-15(25(18,21)22)6-7-17(14)19(11)26(23,24)16-5-3-4-13(9-16)12(2)20/h3-7,9-11H,8H2,1-2H3,(H2,18,21,22). The molecular weight excluding hydrogens is 376 g/mol. The Morgan fingerprint density at radius 1 is 1.08 bits per heavy atom. The topological polar surface area (TPSA) is 115 Å². The van der Waals surface area contributed by atoms with Crippen molar-refractivity contribution in [2.75, 3.05) is 4.31 Å². The van der Waals surface area contributed by atoms with Crippen molar-refractivity contribution in [1.82, 2.24) is 0 Å². The number of carbonyl (C=O) groups is 1. The monoisotopic (exact) mass is 394 g/mol. The molecule has 0 amide bonds. The Morgan fingerprint density at radius 2 is 1.77 bits per heavy atom. The van der Waals surface area contributed by atoms with Gasteiger partial charge in [-0.2, -0.15) is 0 Å². The molecule has 0 aromatic heterocycles. The molecule has 9 heteroatoms. The number of nitrogens with two attached hydrogens (primary N) is 1. The minimum absolute atomic E-state index is 0.0143. The fourth-order valence-electron chi connectivity index (χ4n) is 3.11. The zero-order chi connectivity index (χ0) is 19.3. The van der Waals surface area contributed by atoms with E-state index in [9.17, 15) is 21.6 Å². The molecule has 0 fully saturated rings. The number of rotatable bonds is 4. The normalized spacial score (nSPS) is 17.2. The summed E-state index contributed by atoms with van der Waals surface area (Å²) in [6.07, 6.45) is 0.365. The first kappa shape index (κ1) is 18.6. The molecule has 138 valence electrons. The van der Waals surface area contributed by atoms with Crippen LogP contribution in [0.3, 0.4) is 0 Å². The van der Waals surface area contributed by atoms with Crippen molar-refractivity contribution in [2.45, 2.75) is 36.1 Å². The molecular formula is C17H18N2O5S2. The largest absolute Gasteiger partial charge is 0.295 e. The highest BCUT2D eigenvalue weighted by Gasteiger charge is 2.36. The van der Waals surface area contributed by atoms with Gasteiger partial charge in [-0.15, -0.1) is 0 Å². The highest BCUT2D eigenvalue weighted by molar-refractivity contribution is 7.93. The van der Waals surface area contributed by atoms with E-state index in [4.69, 9.17) is 5.14 Å². The molecule has 0 saturated heterocycles. The number of Topliss-reactive ketones (excluding diaryl/α,β-unsaturated/α-hetero) is 1. The van der Waals surface area contributed by atoms with Gasteiger partial charge in [-0.25, -0.2) is 22.0 Å². The number of hydrogen-bond acceptors (Lipinski definition) is 5. The van der Waals surface area contributed by atoms with Crippen LogP contribution in [0.15, 0.2) is 52.3 Å². The third kappa shape index (κ3) is 3.13. The highest BCUT2D eigenvalue weighted by Crippen LogP contribution is 2.37. The number of primary sulfonamides is 1. The van der Waals surface area contributed by atoms with Crippen LogP contribution in [0.25, 0.3) is 0 Å². The van der Waals surface area contributed by atoms with Crippen molar-refractivity contribution in [3.05, 3.63) is 53.6 Å². The molecule has 2 aromatic carbocycles. The zero-order valence-electron chi connectivity index (χ0n) is 14.2. The van der Waals surface area contributed by atoms with E-state index in [0.717, 1.165) is 0 Å². The van der Waals surface area contributed by atoms with Crippen LogP contribution in [-0.4, -0.2) is 28.7 Å². The Kier molecular flexibility index (Phi) is 4.41. The summed E-state index contributed by atoms with van der Waals surface area (Å²) in [6, 6.07) is 9.61. The van der Waals surface area contributed by atoms with Crippen LogP contribution in [0.2, 0.25) is 0 Å².